The molecule has 0 atom stereocenters. The lowest BCUT2D eigenvalue weighted by Crippen LogP contribution is -2.25. The average Bonchev–Trinajstić information content (AvgIpc) is 2.90. The molecule has 2 aromatic rings. The minimum Gasteiger partial charge on any atom is -0.385 e. The highest BCUT2D eigenvalue weighted by Gasteiger charge is 2.17. The third-order valence-electron chi connectivity index (χ3n) is 3.38. The van der Waals surface area contributed by atoms with E-state index in [-0.39, 0.29) is 18.3 Å². The number of hydrogen-bond acceptors (Lipinski definition) is 3. The first-order chi connectivity index (χ1) is 9.74. The van der Waals surface area contributed by atoms with Gasteiger partial charge in [-0.05, 0) is 52.5 Å². The van der Waals surface area contributed by atoms with E-state index in [9.17, 15) is 4.79 Å². The second-order valence-electron chi connectivity index (χ2n) is 4.78. The van der Waals surface area contributed by atoms with Crippen LogP contribution >= 0.6 is 39.7 Å². The maximum Gasteiger partial charge on any atom is 0.251 e. The van der Waals surface area contributed by atoms with Crippen LogP contribution in [0.25, 0.3) is 0 Å². The first-order valence-corrected chi connectivity index (χ1v) is 8.28. The third kappa shape index (κ3) is 3.78. The maximum atomic E-state index is 12.4. The number of benzene rings is 1. The molecule has 0 saturated heterocycles. The molecular formula is C15H16BrClN2OS. The Kier molecular flexibility index (Phi) is 5.67. The molecule has 0 saturated carbocycles. The number of nitrogens with one attached hydrogen (secondary N) is 2. The van der Waals surface area contributed by atoms with Crippen LogP contribution in [0.15, 0.2) is 34.1 Å². The van der Waals surface area contributed by atoms with Crippen molar-refractivity contribution in [1.29, 1.82) is 0 Å². The van der Waals surface area contributed by atoms with E-state index in [0.29, 0.717) is 6.54 Å². The van der Waals surface area contributed by atoms with Crippen molar-refractivity contribution in [2.24, 2.45) is 0 Å². The minimum absolute atomic E-state index is 0. The van der Waals surface area contributed by atoms with Crippen molar-refractivity contribution < 1.29 is 4.79 Å². The topological polar surface area (TPSA) is 41.1 Å². The molecule has 2 N–H and O–H groups in total. The van der Waals surface area contributed by atoms with Gasteiger partial charge in [-0.3, -0.25) is 4.79 Å². The number of halogens is 2. The fourth-order valence-electron chi connectivity index (χ4n) is 2.43. The van der Waals surface area contributed by atoms with Gasteiger partial charge >= 0.3 is 0 Å². The zero-order chi connectivity index (χ0) is 13.9. The summed E-state index contributed by atoms with van der Waals surface area (Å²) in [5, 5.41) is 8.38. The summed E-state index contributed by atoms with van der Waals surface area (Å²) >= 11 is 5.06. The molecule has 0 radical (unpaired) electrons. The van der Waals surface area contributed by atoms with Gasteiger partial charge < -0.3 is 10.6 Å². The van der Waals surface area contributed by atoms with Gasteiger partial charge in [-0.15, -0.1) is 23.7 Å². The first-order valence-electron chi connectivity index (χ1n) is 6.61. The second-order valence-corrected chi connectivity index (χ2v) is 6.69. The molecule has 0 spiro atoms. The zero-order valence-electron chi connectivity index (χ0n) is 11.3. The zero-order valence-corrected chi connectivity index (χ0v) is 14.5. The SMILES string of the molecule is Cl.O=C(NCc1cc(Br)cs1)c1cccc2c1CCCN2. The third-order valence-corrected chi connectivity index (χ3v) is 5.08. The molecule has 1 aliphatic rings. The quantitative estimate of drug-likeness (QED) is 0.828. The van der Waals surface area contributed by atoms with E-state index >= 15 is 0 Å². The van der Waals surface area contributed by atoms with Crippen LogP contribution in [0.3, 0.4) is 0 Å². The lowest BCUT2D eigenvalue weighted by Gasteiger charge is -2.20. The molecular weight excluding hydrogens is 372 g/mol. The maximum absolute atomic E-state index is 12.4. The van der Waals surface area contributed by atoms with Crippen LogP contribution in [-0.4, -0.2) is 12.5 Å². The van der Waals surface area contributed by atoms with E-state index in [1.54, 1.807) is 11.3 Å². The summed E-state index contributed by atoms with van der Waals surface area (Å²) in [5.41, 5.74) is 3.04. The smallest absolute Gasteiger partial charge is 0.251 e. The van der Waals surface area contributed by atoms with E-state index in [4.69, 9.17) is 0 Å². The van der Waals surface area contributed by atoms with E-state index in [2.05, 4.69) is 26.6 Å². The van der Waals surface area contributed by atoms with E-state index in [1.807, 2.05) is 29.6 Å². The highest BCUT2D eigenvalue weighted by molar-refractivity contribution is 9.10. The molecule has 21 heavy (non-hydrogen) atoms. The number of amides is 1. The van der Waals surface area contributed by atoms with Gasteiger partial charge in [-0.25, -0.2) is 0 Å². The molecule has 0 unspecified atom stereocenters. The van der Waals surface area contributed by atoms with Crippen LogP contribution in [0.1, 0.15) is 27.2 Å². The highest BCUT2D eigenvalue weighted by Crippen LogP contribution is 2.25. The molecule has 6 heteroatoms. The molecule has 112 valence electrons. The molecule has 1 aliphatic heterocycles. The van der Waals surface area contributed by atoms with Crippen LogP contribution < -0.4 is 10.6 Å². The van der Waals surface area contributed by atoms with Gasteiger partial charge in [0.1, 0.15) is 0 Å². The number of fused-ring (bicyclic) bond motifs is 1. The Balaban J connectivity index is 0.00000161. The number of anilines is 1. The van der Waals surface area contributed by atoms with Crippen LogP contribution in [0.5, 0.6) is 0 Å². The Bertz CT molecular complexity index is 644. The van der Waals surface area contributed by atoms with Crippen molar-refractivity contribution in [2.75, 3.05) is 11.9 Å². The monoisotopic (exact) mass is 386 g/mol. The fourth-order valence-corrected chi connectivity index (χ4v) is 3.82. The summed E-state index contributed by atoms with van der Waals surface area (Å²) in [6, 6.07) is 7.92. The molecule has 0 fully saturated rings. The van der Waals surface area contributed by atoms with Crippen LogP contribution in [0, 0.1) is 0 Å². The van der Waals surface area contributed by atoms with Crippen molar-refractivity contribution >= 4 is 51.3 Å². The fraction of sp³-hybridized carbons (Fsp3) is 0.267. The van der Waals surface area contributed by atoms with Gasteiger partial charge in [0, 0.05) is 32.5 Å². The van der Waals surface area contributed by atoms with E-state index < -0.39 is 0 Å². The lowest BCUT2D eigenvalue weighted by atomic mass is 9.97. The van der Waals surface area contributed by atoms with Gasteiger partial charge in [0.15, 0.2) is 0 Å². The molecule has 0 aliphatic carbocycles. The van der Waals surface area contributed by atoms with Gasteiger partial charge in [0.05, 0.1) is 6.54 Å². The molecule has 1 amide bonds. The van der Waals surface area contributed by atoms with Crippen LogP contribution in [0.2, 0.25) is 0 Å². The predicted molar refractivity (Wildman–Crippen MR) is 93.7 cm³/mol. The van der Waals surface area contributed by atoms with Crippen molar-refractivity contribution in [1.82, 2.24) is 5.32 Å². The number of hydrogen-bond donors (Lipinski definition) is 2. The van der Waals surface area contributed by atoms with Gasteiger partial charge in [-0.1, -0.05) is 6.07 Å². The number of rotatable bonds is 3. The number of carbonyl (C=O) groups is 1. The van der Waals surface area contributed by atoms with E-state index in [1.165, 1.54) is 0 Å². The van der Waals surface area contributed by atoms with Crippen LogP contribution in [-0.2, 0) is 13.0 Å². The summed E-state index contributed by atoms with van der Waals surface area (Å²) < 4.78 is 1.06. The Morgan fingerprint density at radius 2 is 2.29 bits per heavy atom. The molecule has 3 nitrogen and oxygen atoms in total. The predicted octanol–water partition coefficient (Wildman–Crippen LogP) is 4.22. The summed E-state index contributed by atoms with van der Waals surface area (Å²) in [5.74, 6) is 0.00933. The van der Waals surface area contributed by atoms with Gasteiger partial charge in [0.25, 0.3) is 5.91 Å². The first kappa shape index (κ1) is 16.3. The average molecular weight is 388 g/mol. The second kappa shape index (κ2) is 7.29. The van der Waals surface area contributed by atoms with Crippen LogP contribution in [0.4, 0.5) is 5.69 Å². The van der Waals surface area contributed by atoms with E-state index in [0.717, 1.165) is 45.6 Å². The Morgan fingerprint density at radius 3 is 3.05 bits per heavy atom. The summed E-state index contributed by atoms with van der Waals surface area (Å²) in [4.78, 5) is 13.5. The van der Waals surface area contributed by atoms with Crippen molar-refractivity contribution in [3.8, 4) is 0 Å². The molecule has 0 bridgehead atoms. The standard InChI is InChI=1S/C15H15BrN2OS.ClH/c16-10-7-11(20-9-10)8-18-15(19)13-3-1-5-14-12(13)4-2-6-17-14;/h1,3,5,7,9,17H,2,4,6,8H2,(H,18,19);1H. The largest absolute Gasteiger partial charge is 0.385 e. The lowest BCUT2D eigenvalue weighted by molar-refractivity contribution is 0.0950. The Hall–Kier alpha value is -1.04. The summed E-state index contributed by atoms with van der Waals surface area (Å²) in [6.07, 6.45) is 2.05. The van der Waals surface area contributed by atoms with Crippen molar-refractivity contribution in [2.45, 2.75) is 19.4 Å². The Morgan fingerprint density at radius 1 is 1.43 bits per heavy atom. The molecule has 3 rings (SSSR count). The number of thiophene rings is 1. The normalized spacial score (nSPS) is 12.8. The minimum atomic E-state index is 0. The van der Waals surface area contributed by atoms with Crippen molar-refractivity contribution in [3.63, 3.8) is 0 Å². The van der Waals surface area contributed by atoms with Gasteiger partial charge in [0.2, 0.25) is 0 Å². The van der Waals surface area contributed by atoms with Gasteiger partial charge in [-0.2, -0.15) is 0 Å². The summed E-state index contributed by atoms with van der Waals surface area (Å²) in [7, 11) is 0. The van der Waals surface area contributed by atoms with Crippen molar-refractivity contribution in [3.05, 3.63) is 50.1 Å². The highest BCUT2D eigenvalue weighted by atomic mass is 79.9. The molecule has 2 heterocycles. The molecule has 1 aromatic carbocycles. The summed E-state index contributed by atoms with van der Waals surface area (Å²) in [6.45, 7) is 1.56. The number of carbonyl (C=O) groups excluding carboxylic acids is 1. The molecule has 1 aromatic heterocycles. The Labute approximate surface area is 142 Å².